The summed E-state index contributed by atoms with van der Waals surface area (Å²) in [6.45, 7) is 0. The Kier molecular flexibility index (Phi) is 3.36. The van der Waals surface area contributed by atoms with Crippen molar-refractivity contribution < 1.29 is 9.18 Å². The van der Waals surface area contributed by atoms with Crippen molar-refractivity contribution in [2.75, 3.05) is 0 Å². The lowest BCUT2D eigenvalue weighted by Crippen LogP contribution is -2.02. The highest BCUT2D eigenvalue weighted by molar-refractivity contribution is 9.10. The minimum absolute atomic E-state index is 0.173. The number of halogens is 2. The molecule has 0 atom stereocenters. The molecule has 0 spiro atoms. The molecule has 0 aliphatic heterocycles. The number of hydrogen-bond acceptors (Lipinski definition) is 1. The first-order chi connectivity index (χ1) is 9.66. The summed E-state index contributed by atoms with van der Waals surface area (Å²) < 4.78 is 13.9. The summed E-state index contributed by atoms with van der Waals surface area (Å²) in [6.07, 6.45) is 0. The summed E-state index contributed by atoms with van der Waals surface area (Å²) in [5, 5.41) is 1.87. The zero-order chi connectivity index (χ0) is 14.1. The van der Waals surface area contributed by atoms with Gasteiger partial charge < -0.3 is 0 Å². The van der Waals surface area contributed by atoms with Gasteiger partial charge in [-0.05, 0) is 44.9 Å². The van der Waals surface area contributed by atoms with E-state index in [1.807, 2.05) is 36.4 Å². The second kappa shape index (κ2) is 5.17. The molecular weight excluding hydrogens is 319 g/mol. The standard InChI is InChI=1S/C17H10BrFO/c18-15-9-8-12(10-16(15)19)17(20)14-7-3-5-11-4-1-2-6-13(11)14/h1-10H. The van der Waals surface area contributed by atoms with Crippen LogP contribution in [0, 0.1) is 5.82 Å². The van der Waals surface area contributed by atoms with Gasteiger partial charge in [0.2, 0.25) is 0 Å². The topological polar surface area (TPSA) is 17.1 Å². The molecule has 0 unspecified atom stereocenters. The molecule has 0 aliphatic rings. The van der Waals surface area contributed by atoms with Gasteiger partial charge in [-0.25, -0.2) is 4.39 Å². The zero-order valence-electron chi connectivity index (χ0n) is 10.4. The van der Waals surface area contributed by atoms with E-state index in [1.54, 1.807) is 18.2 Å². The molecule has 0 amide bonds. The molecule has 0 aromatic heterocycles. The fourth-order valence-corrected chi connectivity index (χ4v) is 2.46. The predicted molar refractivity (Wildman–Crippen MR) is 81.5 cm³/mol. The maximum absolute atomic E-state index is 13.6. The Labute approximate surface area is 124 Å². The molecule has 3 rings (SSSR count). The first-order valence-corrected chi connectivity index (χ1v) is 6.93. The summed E-state index contributed by atoms with van der Waals surface area (Å²) in [5.41, 5.74) is 0.937. The molecule has 0 aliphatic carbocycles. The van der Waals surface area contributed by atoms with Crippen LogP contribution in [0.3, 0.4) is 0 Å². The number of fused-ring (bicyclic) bond motifs is 1. The van der Waals surface area contributed by atoms with E-state index in [0.29, 0.717) is 15.6 Å². The highest BCUT2D eigenvalue weighted by Crippen LogP contribution is 2.23. The SMILES string of the molecule is O=C(c1ccc(Br)c(F)c1)c1cccc2ccccc12. The molecule has 0 saturated carbocycles. The smallest absolute Gasteiger partial charge is 0.193 e. The largest absolute Gasteiger partial charge is 0.289 e. The lowest BCUT2D eigenvalue weighted by atomic mass is 9.97. The first kappa shape index (κ1) is 13.0. The molecular formula is C17H10BrFO. The molecule has 0 saturated heterocycles. The van der Waals surface area contributed by atoms with Crippen LogP contribution in [0.1, 0.15) is 15.9 Å². The summed E-state index contributed by atoms with van der Waals surface area (Å²) in [5.74, 6) is -0.607. The van der Waals surface area contributed by atoms with Crippen LogP contribution in [0.2, 0.25) is 0 Å². The Morgan fingerprint density at radius 2 is 1.70 bits per heavy atom. The number of hydrogen-bond donors (Lipinski definition) is 0. The van der Waals surface area contributed by atoms with E-state index in [2.05, 4.69) is 15.9 Å². The molecule has 0 fully saturated rings. The molecule has 0 radical (unpaired) electrons. The molecule has 1 nitrogen and oxygen atoms in total. The summed E-state index contributed by atoms with van der Waals surface area (Å²) in [7, 11) is 0. The molecule has 3 heteroatoms. The lowest BCUT2D eigenvalue weighted by molar-refractivity contribution is 0.104. The van der Waals surface area contributed by atoms with Crippen LogP contribution >= 0.6 is 15.9 Å². The quantitative estimate of drug-likeness (QED) is 0.607. The number of carbonyl (C=O) groups is 1. The minimum Gasteiger partial charge on any atom is -0.289 e. The number of rotatable bonds is 2. The average molecular weight is 329 g/mol. The van der Waals surface area contributed by atoms with E-state index in [1.165, 1.54) is 6.07 Å². The van der Waals surface area contributed by atoms with E-state index in [-0.39, 0.29) is 5.78 Å². The predicted octanol–water partition coefficient (Wildman–Crippen LogP) is 4.97. The number of ketones is 1. The highest BCUT2D eigenvalue weighted by atomic mass is 79.9. The first-order valence-electron chi connectivity index (χ1n) is 6.14. The monoisotopic (exact) mass is 328 g/mol. The van der Waals surface area contributed by atoms with Gasteiger partial charge in [0.05, 0.1) is 4.47 Å². The van der Waals surface area contributed by atoms with Gasteiger partial charge in [-0.15, -0.1) is 0 Å². The third-order valence-electron chi connectivity index (χ3n) is 3.22. The molecule has 3 aromatic rings. The second-order valence-corrected chi connectivity index (χ2v) is 5.34. The Balaban J connectivity index is 2.15. The van der Waals surface area contributed by atoms with Crippen molar-refractivity contribution in [2.45, 2.75) is 0 Å². The summed E-state index contributed by atoms with van der Waals surface area (Å²) in [6, 6.07) is 17.7. The Morgan fingerprint density at radius 3 is 2.50 bits per heavy atom. The minimum atomic E-state index is -0.434. The average Bonchev–Trinajstić information content (AvgIpc) is 2.49. The number of benzene rings is 3. The normalized spacial score (nSPS) is 10.7. The summed E-state index contributed by atoms with van der Waals surface area (Å²) in [4.78, 5) is 12.5. The fourth-order valence-electron chi connectivity index (χ4n) is 2.22. The molecule has 20 heavy (non-hydrogen) atoms. The number of carbonyl (C=O) groups excluding carboxylic acids is 1. The molecule has 98 valence electrons. The maximum Gasteiger partial charge on any atom is 0.193 e. The van der Waals surface area contributed by atoms with Crippen LogP contribution in [0.15, 0.2) is 65.1 Å². The molecule has 3 aromatic carbocycles. The van der Waals surface area contributed by atoms with Crippen LogP contribution in [-0.2, 0) is 0 Å². The van der Waals surface area contributed by atoms with Crippen molar-refractivity contribution in [3.8, 4) is 0 Å². The zero-order valence-corrected chi connectivity index (χ0v) is 12.0. The molecule has 0 heterocycles. The van der Waals surface area contributed by atoms with E-state index < -0.39 is 5.82 Å². The second-order valence-electron chi connectivity index (χ2n) is 4.48. The van der Waals surface area contributed by atoms with Crippen molar-refractivity contribution in [1.82, 2.24) is 0 Å². The summed E-state index contributed by atoms with van der Waals surface area (Å²) >= 11 is 3.09. The van der Waals surface area contributed by atoms with Gasteiger partial charge in [0, 0.05) is 11.1 Å². The van der Waals surface area contributed by atoms with Crippen molar-refractivity contribution in [1.29, 1.82) is 0 Å². The third-order valence-corrected chi connectivity index (χ3v) is 3.86. The molecule has 0 N–H and O–H groups in total. The van der Waals surface area contributed by atoms with Crippen molar-refractivity contribution >= 4 is 32.5 Å². The van der Waals surface area contributed by atoms with Crippen LogP contribution in [-0.4, -0.2) is 5.78 Å². The maximum atomic E-state index is 13.6. The van der Waals surface area contributed by atoms with Crippen LogP contribution in [0.4, 0.5) is 4.39 Å². The van der Waals surface area contributed by atoms with E-state index >= 15 is 0 Å². The molecule has 0 bridgehead atoms. The van der Waals surface area contributed by atoms with Gasteiger partial charge in [0.1, 0.15) is 5.82 Å². The van der Waals surface area contributed by atoms with Crippen molar-refractivity contribution in [3.05, 3.63) is 82.1 Å². The lowest BCUT2D eigenvalue weighted by Gasteiger charge is -2.06. The van der Waals surface area contributed by atoms with Gasteiger partial charge in [-0.1, -0.05) is 42.5 Å². The van der Waals surface area contributed by atoms with Crippen LogP contribution in [0.5, 0.6) is 0 Å². The van der Waals surface area contributed by atoms with Gasteiger partial charge >= 0.3 is 0 Å². The Bertz CT molecular complexity index is 806. The van der Waals surface area contributed by atoms with Gasteiger partial charge in [0.25, 0.3) is 0 Å². The van der Waals surface area contributed by atoms with E-state index in [4.69, 9.17) is 0 Å². The fraction of sp³-hybridized carbons (Fsp3) is 0. The Hall–Kier alpha value is -2.00. The van der Waals surface area contributed by atoms with Crippen molar-refractivity contribution in [2.24, 2.45) is 0 Å². The van der Waals surface area contributed by atoms with Crippen molar-refractivity contribution in [3.63, 3.8) is 0 Å². The van der Waals surface area contributed by atoms with Crippen LogP contribution < -0.4 is 0 Å². The van der Waals surface area contributed by atoms with Gasteiger partial charge in [-0.3, -0.25) is 4.79 Å². The Morgan fingerprint density at radius 1 is 0.950 bits per heavy atom. The van der Waals surface area contributed by atoms with E-state index in [0.717, 1.165) is 10.8 Å². The van der Waals surface area contributed by atoms with Gasteiger partial charge in [-0.2, -0.15) is 0 Å². The van der Waals surface area contributed by atoms with E-state index in [9.17, 15) is 9.18 Å². The highest BCUT2D eigenvalue weighted by Gasteiger charge is 2.13. The third kappa shape index (κ3) is 2.25. The van der Waals surface area contributed by atoms with Gasteiger partial charge in [0.15, 0.2) is 5.78 Å². The van der Waals surface area contributed by atoms with Crippen LogP contribution in [0.25, 0.3) is 10.8 Å².